The van der Waals surface area contributed by atoms with Crippen LogP contribution in [0.25, 0.3) is 0 Å². The van der Waals surface area contributed by atoms with Gasteiger partial charge in [0, 0.05) is 19.5 Å². The standard InChI is InChI=1S/C14H24N2O2/c15-14(18)12-6-3-9-16(10-12)13(17)8-7-11-4-1-2-5-11/h11-12H,1-10H2,(H2,15,18). The molecule has 2 fully saturated rings. The zero-order valence-corrected chi connectivity index (χ0v) is 11.1. The molecule has 0 aromatic heterocycles. The van der Waals surface area contributed by atoms with Gasteiger partial charge >= 0.3 is 0 Å². The lowest BCUT2D eigenvalue weighted by Crippen LogP contribution is -2.44. The van der Waals surface area contributed by atoms with Crippen LogP contribution in [0.15, 0.2) is 0 Å². The van der Waals surface area contributed by atoms with Crippen molar-refractivity contribution in [2.45, 2.75) is 51.4 Å². The number of nitrogens with two attached hydrogens (primary N) is 1. The Morgan fingerprint density at radius 3 is 2.50 bits per heavy atom. The molecule has 0 aromatic carbocycles. The lowest BCUT2D eigenvalue weighted by atomic mass is 9.96. The molecule has 1 saturated carbocycles. The molecule has 2 rings (SSSR count). The van der Waals surface area contributed by atoms with Crippen LogP contribution in [0.3, 0.4) is 0 Å². The summed E-state index contributed by atoms with van der Waals surface area (Å²) in [6, 6.07) is 0. The third-order valence-corrected chi connectivity index (χ3v) is 4.42. The molecule has 1 aliphatic carbocycles. The van der Waals surface area contributed by atoms with Crippen LogP contribution in [-0.2, 0) is 9.59 Å². The van der Waals surface area contributed by atoms with Gasteiger partial charge < -0.3 is 10.6 Å². The predicted octanol–water partition coefficient (Wildman–Crippen LogP) is 1.68. The first-order valence-corrected chi connectivity index (χ1v) is 7.24. The van der Waals surface area contributed by atoms with Gasteiger partial charge in [-0.3, -0.25) is 9.59 Å². The molecule has 0 radical (unpaired) electrons. The van der Waals surface area contributed by atoms with Gasteiger partial charge in [0.25, 0.3) is 0 Å². The average Bonchev–Trinajstić information content (AvgIpc) is 2.89. The molecule has 18 heavy (non-hydrogen) atoms. The molecule has 0 bridgehead atoms. The molecule has 1 unspecified atom stereocenters. The lowest BCUT2D eigenvalue weighted by Gasteiger charge is -2.31. The second kappa shape index (κ2) is 6.21. The molecule has 4 heteroatoms. The van der Waals surface area contributed by atoms with E-state index in [4.69, 9.17) is 5.73 Å². The van der Waals surface area contributed by atoms with Crippen molar-refractivity contribution in [1.29, 1.82) is 0 Å². The van der Waals surface area contributed by atoms with Gasteiger partial charge in [-0.25, -0.2) is 0 Å². The largest absolute Gasteiger partial charge is 0.369 e. The van der Waals surface area contributed by atoms with E-state index in [-0.39, 0.29) is 17.7 Å². The Kier molecular flexibility index (Phi) is 4.61. The smallest absolute Gasteiger partial charge is 0.222 e. The van der Waals surface area contributed by atoms with Crippen molar-refractivity contribution in [2.24, 2.45) is 17.6 Å². The van der Waals surface area contributed by atoms with Crippen LogP contribution in [0.5, 0.6) is 0 Å². The van der Waals surface area contributed by atoms with Crippen molar-refractivity contribution in [1.82, 2.24) is 4.90 Å². The Labute approximate surface area is 109 Å². The van der Waals surface area contributed by atoms with Crippen molar-refractivity contribution in [2.75, 3.05) is 13.1 Å². The number of carbonyl (C=O) groups excluding carboxylic acids is 2. The van der Waals surface area contributed by atoms with Crippen LogP contribution in [0.4, 0.5) is 0 Å². The molecule has 2 N–H and O–H groups in total. The normalized spacial score (nSPS) is 25.3. The summed E-state index contributed by atoms with van der Waals surface area (Å²) >= 11 is 0. The maximum absolute atomic E-state index is 12.1. The number of nitrogens with zero attached hydrogens (tertiary/aromatic N) is 1. The molecule has 102 valence electrons. The summed E-state index contributed by atoms with van der Waals surface area (Å²) < 4.78 is 0. The van der Waals surface area contributed by atoms with E-state index in [2.05, 4.69) is 0 Å². The van der Waals surface area contributed by atoms with Gasteiger partial charge in [0.05, 0.1) is 5.92 Å². The van der Waals surface area contributed by atoms with Crippen molar-refractivity contribution in [3.8, 4) is 0 Å². The number of primary amides is 1. The summed E-state index contributed by atoms with van der Waals surface area (Å²) in [6.45, 7) is 1.34. The van der Waals surface area contributed by atoms with E-state index in [9.17, 15) is 9.59 Å². The zero-order valence-electron chi connectivity index (χ0n) is 11.1. The van der Waals surface area contributed by atoms with E-state index < -0.39 is 0 Å². The second-order valence-electron chi connectivity index (χ2n) is 5.77. The number of amides is 2. The monoisotopic (exact) mass is 252 g/mol. The van der Waals surface area contributed by atoms with E-state index in [1.807, 2.05) is 4.90 Å². The molecule has 0 aromatic rings. The van der Waals surface area contributed by atoms with Gasteiger partial charge in [-0.15, -0.1) is 0 Å². The fourth-order valence-electron chi connectivity index (χ4n) is 3.22. The number of hydrogen-bond donors (Lipinski definition) is 1. The summed E-state index contributed by atoms with van der Waals surface area (Å²) in [7, 11) is 0. The van der Waals surface area contributed by atoms with Gasteiger partial charge in [-0.05, 0) is 25.2 Å². The minimum Gasteiger partial charge on any atom is -0.369 e. The van der Waals surface area contributed by atoms with Gasteiger partial charge in [-0.2, -0.15) is 0 Å². The fraction of sp³-hybridized carbons (Fsp3) is 0.857. The molecule has 0 spiro atoms. The minimum absolute atomic E-state index is 0.130. The Morgan fingerprint density at radius 2 is 1.83 bits per heavy atom. The molecule has 2 aliphatic rings. The molecular formula is C14H24N2O2. The van der Waals surface area contributed by atoms with Gasteiger partial charge in [0.2, 0.25) is 11.8 Å². The summed E-state index contributed by atoms with van der Waals surface area (Å²) in [5.74, 6) is 0.580. The highest BCUT2D eigenvalue weighted by Gasteiger charge is 2.27. The first-order valence-electron chi connectivity index (χ1n) is 7.24. The Bertz CT molecular complexity index is 311. The van der Waals surface area contributed by atoms with Crippen LogP contribution >= 0.6 is 0 Å². The van der Waals surface area contributed by atoms with Gasteiger partial charge in [-0.1, -0.05) is 25.7 Å². The quantitative estimate of drug-likeness (QED) is 0.827. The summed E-state index contributed by atoms with van der Waals surface area (Å²) in [5, 5.41) is 0. The minimum atomic E-state index is -0.261. The van der Waals surface area contributed by atoms with E-state index in [1.165, 1.54) is 25.7 Å². The summed E-state index contributed by atoms with van der Waals surface area (Å²) in [4.78, 5) is 25.1. The van der Waals surface area contributed by atoms with E-state index in [0.717, 1.165) is 31.7 Å². The highest BCUT2D eigenvalue weighted by molar-refractivity contribution is 5.80. The molecule has 4 nitrogen and oxygen atoms in total. The number of carbonyl (C=O) groups is 2. The Hall–Kier alpha value is -1.06. The van der Waals surface area contributed by atoms with Crippen molar-refractivity contribution < 1.29 is 9.59 Å². The van der Waals surface area contributed by atoms with Crippen LogP contribution in [-0.4, -0.2) is 29.8 Å². The number of hydrogen-bond acceptors (Lipinski definition) is 2. The summed E-state index contributed by atoms with van der Waals surface area (Å²) in [5.41, 5.74) is 5.33. The average molecular weight is 252 g/mol. The maximum atomic E-state index is 12.1. The molecule has 1 heterocycles. The van der Waals surface area contributed by atoms with Crippen LogP contribution in [0, 0.1) is 11.8 Å². The molecule has 1 aliphatic heterocycles. The fourth-order valence-corrected chi connectivity index (χ4v) is 3.22. The first kappa shape index (κ1) is 13.4. The topological polar surface area (TPSA) is 63.4 Å². The summed E-state index contributed by atoms with van der Waals surface area (Å²) in [6.07, 6.45) is 8.64. The highest BCUT2D eigenvalue weighted by Crippen LogP contribution is 2.29. The highest BCUT2D eigenvalue weighted by atomic mass is 16.2. The van der Waals surface area contributed by atoms with E-state index in [1.54, 1.807) is 0 Å². The van der Waals surface area contributed by atoms with E-state index in [0.29, 0.717) is 13.0 Å². The number of piperidine rings is 1. The molecule has 1 saturated heterocycles. The number of rotatable bonds is 4. The predicted molar refractivity (Wildman–Crippen MR) is 69.7 cm³/mol. The zero-order chi connectivity index (χ0) is 13.0. The first-order chi connectivity index (χ1) is 8.66. The third kappa shape index (κ3) is 3.47. The molecule has 1 atom stereocenters. The van der Waals surface area contributed by atoms with Gasteiger partial charge in [0.1, 0.15) is 0 Å². The Morgan fingerprint density at radius 1 is 1.11 bits per heavy atom. The van der Waals surface area contributed by atoms with Crippen LogP contribution < -0.4 is 5.73 Å². The SMILES string of the molecule is NC(=O)C1CCCN(C(=O)CCC2CCCC2)C1. The van der Waals surface area contributed by atoms with Crippen molar-refractivity contribution >= 4 is 11.8 Å². The van der Waals surface area contributed by atoms with E-state index >= 15 is 0 Å². The van der Waals surface area contributed by atoms with Crippen molar-refractivity contribution in [3.05, 3.63) is 0 Å². The number of likely N-dealkylation sites (tertiary alicyclic amines) is 1. The Balaban J connectivity index is 1.75. The van der Waals surface area contributed by atoms with Gasteiger partial charge in [0.15, 0.2) is 0 Å². The maximum Gasteiger partial charge on any atom is 0.222 e. The second-order valence-corrected chi connectivity index (χ2v) is 5.77. The third-order valence-electron chi connectivity index (χ3n) is 4.42. The molecule has 2 amide bonds. The van der Waals surface area contributed by atoms with Crippen LogP contribution in [0.1, 0.15) is 51.4 Å². The van der Waals surface area contributed by atoms with Crippen LogP contribution in [0.2, 0.25) is 0 Å². The lowest BCUT2D eigenvalue weighted by molar-refractivity contribution is -0.135. The van der Waals surface area contributed by atoms with Crippen molar-refractivity contribution in [3.63, 3.8) is 0 Å². The molecular weight excluding hydrogens is 228 g/mol.